The molecule has 0 unspecified atom stereocenters. The lowest BCUT2D eigenvalue weighted by Crippen LogP contribution is -2.29. The fourth-order valence-electron chi connectivity index (χ4n) is 2.61. The fraction of sp³-hybridized carbons (Fsp3) is 0.263. The minimum atomic E-state index is -3.69. The summed E-state index contributed by atoms with van der Waals surface area (Å²) in [5.41, 5.74) is 1.61. The van der Waals surface area contributed by atoms with Crippen molar-refractivity contribution in [3.8, 4) is 0 Å². The Morgan fingerprint density at radius 2 is 1.93 bits per heavy atom. The molecule has 6 nitrogen and oxygen atoms in total. The molecule has 3 rings (SSSR count). The molecule has 2 aromatic carbocycles. The van der Waals surface area contributed by atoms with Gasteiger partial charge < -0.3 is 5.32 Å². The quantitative estimate of drug-likeness (QED) is 0.744. The Kier molecular flexibility index (Phi) is 6.52. The van der Waals surface area contributed by atoms with Crippen LogP contribution in [0.5, 0.6) is 0 Å². The first-order chi connectivity index (χ1) is 13.0. The summed E-state index contributed by atoms with van der Waals surface area (Å²) in [5.74, 6) is 1.36. The largest absolute Gasteiger partial charge is 0.325 e. The number of amides is 1. The molecule has 27 heavy (non-hydrogen) atoms. The number of nitrogens with zero attached hydrogens (tertiary/aromatic N) is 1. The Bertz CT molecular complexity index is 928. The van der Waals surface area contributed by atoms with Crippen LogP contribution in [0.2, 0.25) is 0 Å². The van der Waals surface area contributed by atoms with Gasteiger partial charge in [0.15, 0.2) is 0 Å². The van der Waals surface area contributed by atoms with E-state index in [9.17, 15) is 13.2 Å². The summed E-state index contributed by atoms with van der Waals surface area (Å²) >= 11 is 1.51. The number of sulfonamides is 1. The number of benzene rings is 2. The fourth-order valence-corrected chi connectivity index (χ4v) is 4.53. The van der Waals surface area contributed by atoms with Gasteiger partial charge in [0, 0.05) is 24.4 Å². The van der Waals surface area contributed by atoms with E-state index in [-0.39, 0.29) is 10.8 Å². The number of thioether (sulfide) groups is 1. The number of aliphatic imine (C=N–C) groups is 1. The summed E-state index contributed by atoms with van der Waals surface area (Å²) in [7, 11) is -3.69. The molecule has 2 N–H and O–H groups in total. The Balaban J connectivity index is 1.56. The molecule has 8 heteroatoms. The monoisotopic (exact) mass is 403 g/mol. The van der Waals surface area contributed by atoms with Gasteiger partial charge in [-0.25, -0.2) is 8.42 Å². The Hall–Kier alpha value is -2.32. The van der Waals surface area contributed by atoms with E-state index in [1.807, 2.05) is 30.3 Å². The summed E-state index contributed by atoms with van der Waals surface area (Å²) in [6.45, 7) is 0.647. The first-order valence-corrected chi connectivity index (χ1v) is 11.2. The molecule has 2 aromatic rings. The van der Waals surface area contributed by atoms with E-state index in [1.165, 1.54) is 23.9 Å². The molecule has 1 heterocycles. The van der Waals surface area contributed by atoms with Crippen LogP contribution < -0.4 is 10.0 Å². The van der Waals surface area contributed by atoms with E-state index in [0.717, 1.165) is 17.7 Å². The molecule has 0 aliphatic carbocycles. The van der Waals surface area contributed by atoms with Gasteiger partial charge in [-0.2, -0.15) is 0 Å². The standard InChI is InChI=1S/C19H21N3O3S2/c23-19(14-26-13-15-6-2-1-3-7-15)21-16-8-4-9-17(12-16)27(24,25)22-18-10-5-11-20-18/h1-4,6-9,12H,5,10-11,13-14H2,(H,20,22)(H,21,23). The van der Waals surface area contributed by atoms with Gasteiger partial charge >= 0.3 is 0 Å². The molecule has 142 valence electrons. The van der Waals surface area contributed by atoms with Crippen molar-refractivity contribution in [1.29, 1.82) is 0 Å². The van der Waals surface area contributed by atoms with Crippen molar-refractivity contribution >= 4 is 39.2 Å². The highest BCUT2D eigenvalue weighted by molar-refractivity contribution is 7.99. The van der Waals surface area contributed by atoms with Crippen molar-refractivity contribution in [3.05, 3.63) is 60.2 Å². The molecule has 1 aliphatic heterocycles. The molecule has 0 saturated heterocycles. The van der Waals surface area contributed by atoms with Crippen LogP contribution in [-0.2, 0) is 20.6 Å². The number of carbonyl (C=O) groups excluding carboxylic acids is 1. The molecule has 0 saturated carbocycles. The molecule has 0 fully saturated rings. The van der Waals surface area contributed by atoms with Crippen molar-refractivity contribution in [2.24, 2.45) is 4.99 Å². The minimum absolute atomic E-state index is 0.104. The molecule has 1 aliphatic rings. The maximum Gasteiger partial charge on any atom is 0.262 e. The molecule has 1 amide bonds. The van der Waals surface area contributed by atoms with Crippen molar-refractivity contribution in [1.82, 2.24) is 4.72 Å². The first-order valence-electron chi connectivity index (χ1n) is 8.61. The van der Waals surface area contributed by atoms with E-state index in [4.69, 9.17) is 0 Å². The molecular formula is C19H21N3O3S2. The van der Waals surface area contributed by atoms with Crippen LogP contribution in [0.4, 0.5) is 5.69 Å². The van der Waals surface area contributed by atoms with Crippen LogP contribution in [0.25, 0.3) is 0 Å². The number of rotatable bonds is 7. The number of anilines is 1. The average Bonchev–Trinajstić information content (AvgIpc) is 3.15. The maximum absolute atomic E-state index is 12.4. The molecule has 0 aromatic heterocycles. The molecule has 0 bridgehead atoms. The Labute approximate surface area is 163 Å². The summed E-state index contributed by atoms with van der Waals surface area (Å²) in [6, 6.07) is 16.1. The number of nitrogens with one attached hydrogen (secondary N) is 2. The summed E-state index contributed by atoms with van der Waals surface area (Å²) in [5, 5.41) is 2.75. The Morgan fingerprint density at radius 3 is 2.67 bits per heavy atom. The number of hydrogen-bond acceptors (Lipinski definition) is 5. The van der Waals surface area contributed by atoms with E-state index in [1.54, 1.807) is 12.1 Å². The van der Waals surface area contributed by atoms with Crippen LogP contribution in [0.15, 0.2) is 64.5 Å². The normalized spacial score (nSPS) is 13.9. The van der Waals surface area contributed by atoms with Crippen LogP contribution in [0, 0.1) is 0 Å². The van der Waals surface area contributed by atoms with E-state index in [0.29, 0.717) is 30.2 Å². The van der Waals surface area contributed by atoms with Crippen LogP contribution in [-0.4, -0.2) is 32.5 Å². The van der Waals surface area contributed by atoms with Gasteiger partial charge in [-0.15, -0.1) is 11.8 Å². The molecular weight excluding hydrogens is 382 g/mol. The topological polar surface area (TPSA) is 87.6 Å². The zero-order chi connectivity index (χ0) is 19.1. The van der Waals surface area contributed by atoms with Crippen LogP contribution >= 0.6 is 11.8 Å². The molecule has 0 radical (unpaired) electrons. The summed E-state index contributed by atoms with van der Waals surface area (Å²) < 4.78 is 27.4. The second-order valence-electron chi connectivity index (χ2n) is 6.09. The zero-order valence-corrected chi connectivity index (χ0v) is 16.4. The maximum atomic E-state index is 12.4. The summed E-state index contributed by atoms with van der Waals surface area (Å²) in [6.07, 6.45) is 1.49. The average molecular weight is 404 g/mol. The van der Waals surface area contributed by atoms with Crippen molar-refractivity contribution in [3.63, 3.8) is 0 Å². The van der Waals surface area contributed by atoms with E-state index < -0.39 is 10.0 Å². The van der Waals surface area contributed by atoms with Crippen LogP contribution in [0.1, 0.15) is 18.4 Å². The van der Waals surface area contributed by atoms with Gasteiger partial charge in [-0.1, -0.05) is 36.4 Å². The zero-order valence-electron chi connectivity index (χ0n) is 14.7. The lowest BCUT2D eigenvalue weighted by Gasteiger charge is -2.10. The lowest BCUT2D eigenvalue weighted by atomic mass is 10.2. The smallest absolute Gasteiger partial charge is 0.262 e. The van der Waals surface area contributed by atoms with Gasteiger partial charge in [-0.05, 0) is 30.2 Å². The van der Waals surface area contributed by atoms with E-state index in [2.05, 4.69) is 15.0 Å². The van der Waals surface area contributed by atoms with E-state index >= 15 is 0 Å². The third-order valence-corrected chi connectivity index (χ3v) is 6.28. The number of carbonyl (C=O) groups is 1. The third kappa shape index (κ3) is 5.83. The predicted molar refractivity (Wildman–Crippen MR) is 110 cm³/mol. The Morgan fingerprint density at radius 1 is 1.11 bits per heavy atom. The minimum Gasteiger partial charge on any atom is -0.325 e. The van der Waals surface area contributed by atoms with Crippen molar-refractivity contribution < 1.29 is 13.2 Å². The predicted octanol–water partition coefficient (Wildman–Crippen LogP) is 3.03. The number of hydrogen-bond donors (Lipinski definition) is 2. The first kappa shape index (κ1) is 19.4. The highest BCUT2D eigenvalue weighted by Gasteiger charge is 2.18. The van der Waals surface area contributed by atoms with Crippen molar-refractivity contribution in [2.75, 3.05) is 17.6 Å². The second-order valence-corrected chi connectivity index (χ2v) is 8.76. The van der Waals surface area contributed by atoms with Crippen LogP contribution in [0.3, 0.4) is 0 Å². The molecule has 0 atom stereocenters. The van der Waals surface area contributed by atoms with Gasteiger partial charge in [-0.3, -0.25) is 14.5 Å². The lowest BCUT2D eigenvalue weighted by molar-refractivity contribution is -0.113. The third-order valence-electron chi connectivity index (χ3n) is 3.90. The SMILES string of the molecule is O=C(CSCc1ccccc1)Nc1cccc(S(=O)(=O)NC2=NCCC2)c1. The highest BCUT2D eigenvalue weighted by atomic mass is 32.2. The highest BCUT2D eigenvalue weighted by Crippen LogP contribution is 2.17. The number of amidine groups is 1. The van der Waals surface area contributed by atoms with Gasteiger partial charge in [0.2, 0.25) is 5.91 Å². The van der Waals surface area contributed by atoms with Gasteiger partial charge in [0.1, 0.15) is 5.84 Å². The summed E-state index contributed by atoms with van der Waals surface area (Å²) in [4.78, 5) is 16.4. The van der Waals surface area contributed by atoms with Gasteiger partial charge in [0.05, 0.1) is 10.6 Å². The molecule has 0 spiro atoms. The van der Waals surface area contributed by atoms with Crippen molar-refractivity contribution in [2.45, 2.75) is 23.5 Å². The second kappa shape index (κ2) is 9.05. The van der Waals surface area contributed by atoms with Gasteiger partial charge in [0.25, 0.3) is 10.0 Å².